The van der Waals surface area contributed by atoms with Gasteiger partial charge in [0.2, 0.25) is 6.29 Å². The standard InChI is InChI=1S/C10H18O4/c1-9(2,3)8(11)13-7-6-12-10(4,5)14-7/h7H,6H2,1-5H3. The maximum atomic E-state index is 11.5. The summed E-state index contributed by atoms with van der Waals surface area (Å²) in [5.74, 6) is -0.924. The summed E-state index contributed by atoms with van der Waals surface area (Å²) in [5.41, 5.74) is -0.504. The predicted octanol–water partition coefficient (Wildman–Crippen LogP) is 1.68. The fraction of sp³-hybridized carbons (Fsp3) is 0.900. The van der Waals surface area contributed by atoms with Crippen molar-refractivity contribution in [3.05, 3.63) is 0 Å². The van der Waals surface area contributed by atoms with Crippen molar-refractivity contribution >= 4 is 5.97 Å². The third kappa shape index (κ3) is 2.96. The van der Waals surface area contributed by atoms with Crippen LogP contribution in [0.25, 0.3) is 0 Å². The molecule has 4 heteroatoms. The lowest BCUT2D eigenvalue weighted by molar-refractivity contribution is -0.203. The first-order valence-electron chi connectivity index (χ1n) is 4.73. The number of carbonyl (C=O) groups excluding carboxylic acids is 1. The van der Waals surface area contributed by atoms with Gasteiger partial charge in [-0.15, -0.1) is 0 Å². The van der Waals surface area contributed by atoms with E-state index in [4.69, 9.17) is 14.2 Å². The van der Waals surface area contributed by atoms with Crippen LogP contribution in [-0.2, 0) is 19.0 Å². The van der Waals surface area contributed by atoms with Crippen molar-refractivity contribution in [2.24, 2.45) is 5.41 Å². The average Bonchev–Trinajstić information content (AvgIpc) is 2.28. The Hall–Kier alpha value is -0.610. The van der Waals surface area contributed by atoms with Crippen molar-refractivity contribution in [3.63, 3.8) is 0 Å². The molecule has 1 rings (SSSR count). The van der Waals surface area contributed by atoms with Gasteiger partial charge >= 0.3 is 5.97 Å². The third-order valence-corrected chi connectivity index (χ3v) is 1.83. The highest BCUT2D eigenvalue weighted by Gasteiger charge is 2.36. The minimum absolute atomic E-state index is 0.274. The zero-order valence-corrected chi connectivity index (χ0v) is 9.42. The topological polar surface area (TPSA) is 44.8 Å². The van der Waals surface area contributed by atoms with E-state index in [0.29, 0.717) is 6.61 Å². The Labute approximate surface area is 84.5 Å². The van der Waals surface area contributed by atoms with E-state index in [-0.39, 0.29) is 5.97 Å². The molecule has 1 unspecified atom stereocenters. The average molecular weight is 202 g/mol. The van der Waals surface area contributed by atoms with E-state index in [1.165, 1.54) is 0 Å². The Morgan fingerprint density at radius 2 is 2.00 bits per heavy atom. The van der Waals surface area contributed by atoms with Gasteiger partial charge in [-0.25, -0.2) is 0 Å². The van der Waals surface area contributed by atoms with Crippen LogP contribution in [0.1, 0.15) is 34.6 Å². The zero-order valence-electron chi connectivity index (χ0n) is 9.42. The minimum atomic E-state index is -0.650. The molecule has 1 saturated heterocycles. The maximum Gasteiger partial charge on any atom is 0.313 e. The van der Waals surface area contributed by atoms with Crippen molar-refractivity contribution in [3.8, 4) is 0 Å². The molecule has 0 aromatic carbocycles. The molecule has 4 nitrogen and oxygen atoms in total. The molecule has 0 aliphatic carbocycles. The molecule has 1 atom stereocenters. The quantitative estimate of drug-likeness (QED) is 0.607. The van der Waals surface area contributed by atoms with E-state index in [9.17, 15) is 4.79 Å². The van der Waals surface area contributed by atoms with Gasteiger partial charge < -0.3 is 14.2 Å². The molecule has 1 aliphatic heterocycles. The van der Waals surface area contributed by atoms with Crippen LogP contribution < -0.4 is 0 Å². The molecule has 0 spiro atoms. The summed E-state index contributed by atoms with van der Waals surface area (Å²) in [6, 6.07) is 0. The van der Waals surface area contributed by atoms with E-state index >= 15 is 0 Å². The monoisotopic (exact) mass is 202 g/mol. The summed E-state index contributed by atoms with van der Waals surface area (Å²) in [7, 11) is 0. The molecule has 14 heavy (non-hydrogen) atoms. The number of carbonyl (C=O) groups is 1. The van der Waals surface area contributed by atoms with Crippen LogP contribution in [0.3, 0.4) is 0 Å². The van der Waals surface area contributed by atoms with Gasteiger partial charge in [-0.1, -0.05) is 0 Å². The first-order valence-corrected chi connectivity index (χ1v) is 4.73. The third-order valence-electron chi connectivity index (χ3n) is 1.83. The molecule has 0 aromatic rings. The van der Waals surface area contributed by atoms with Crippen molar-refractivity contribution in [2.45, 2.75) is 46.7 Å². The normalized spacial score (nSPS) is 26.2. The van der Waals surface area contributed by atoms with Gasteiger partial charge in [0.1, 0.15) is 6.61 Å². The van der Waals surface area contributed by atoms with Crippen LogP contribution in [0, 0.1) is 5.41 Å². The molecule has 1 aliphatic rings. The summed E-state index contributed by atoms with van der Waals surface area (Å²) >= 11 is 0. The van der Waals surface area contributed by atoms with Gasteiger partial charge in [0.15, 0.2) is 5.79 Å². The Morgan fingerprint density at radius 3 is 2.36 bits per heavy atom. The lowest BCUT2D eigenvalue weighted by Gasteiger charge is -2.21. The molecule has 82 valence electrons. The van der Waals surface area contributed by atoms with Crippen LogP contribution in [0.4, 0.5) is 0 Å². The Kier molecular flexibility index (Phi) is 2.88. The number of hydrogen-bond acceptors (Lipinski definition) is 4. The van der Waals surface area contributed by atoms with Gasteiger partial charge in [0.05, 0.1) is 5.41 Å². The maximum absolute atomic E-state index is 11.5. The summed E-state index contributed by atoms with van der Waals surface area (Å²) in [6.07, 6.45) is -0.572. The highest BCUT2D eigenvalue weighted by Crippen LogP contribution is 2.25. The fourth-order valence-corrected chi connectivity index (χ4v) is 1.01. The number of esters is 1. The van der Waals surface area contributed by atoms with E-state index in [2.05, 4.69) is 0 Å². The van der Waals surface area contributed by atoms with E-state index in [0.717, 1.165) is 0 Å². The first-order chi connectivity index (χ1) is 6.21. The molecule has 0 radical (unpaired) electrons. The summed E-state index contributed by atoms with van der Waals surface area (Å²) < 4.78 is 15.7. The van der Waals surface area contributed by atoms with Gasteiger partial charge in [-0.3, -0.25) is 4.79 Å². The smallest absolute Gasteiger partial charge is 0.313 e. The van der Waals surface area contributed by atoms with Gasteiger partial charge in [-0.2, -0.15) is 0 Å². The molecule has 1 heterocycles. The second-order valence-electron chi connectivity index (χ2n) is 4.91. The van der Waals surface area contributed by atoms with Crippen molar-refractivity contribution in [1.82, 2.24) is 0 Å². The lowest BCUT2D eigenvalue weighted by atomic mass is 9.97. The predicted molar refractivity (Wildman–Crippen MR) is 50.5 cm³/mol. The summed E-state index contributed by atoms with van der Waals surface area (Å²) in [6.45, 7) is 9.29. The summed E-state index contributed by atoms with van der Waals surface area (Å²) in [4.78, 5) is 11.5. The van der Waals surface area contributed by atoms with Gasteiger partial charge in [-0.05, 0) is 34.6 Å². The van der Waals surface area contributed by atoms with Crippen LogP contribution in [0.2, 0.25) is 0 Å². The molecular weight excluding hydrogens is 184 g/mol. The molecule has 0 saturated carbocycles. The molecule has 1 fully saturated rings. The Morgan fingerprint density at radius 1 is 1.43 bits per heavy atom. The molecule has 0 amide bonds. The van der Waals surface area contributed by atoms with Crippen LogP contribution in [-0.4, -0.2) is 24.7 Å². The number of hydrogen-bond donors (Lipinski definition) is 0. The van der Waals surface area contributed by atoms with Crippen LogP contribution in [0.15, 0.2) is 0 Å². The van der Waals surface area contributed by atoms with Crippen LogP contribution in [0.5, 0.6) is 0 Å². The highest BCUT2D eigenvalue weighted by molar-refractivity contribution is 5.75. The Bertz CT molecular complexity index is 227. The van der Waals surface area contributed by atoms with Gasteiger partial charge in [0.25, 0.3) is 0 Å². The van der Waals surface area contributed by atoms with Gasteiger partial charge in [0, 0.05) is 0 Å². The number of ether oxygens (including phenoxy) is 3. The fourth-order valence-electron chi connectivity index (χ4n) is 1.01. The molecule has 0 bridgehead atoms. The van der Waals surface area contributed by atoms with E-state index < -0.39 is 17.5 Å². The second kappa shape index (κ2) is 3.51. The molecule has 0 N–H and O–H groups in total. The molecule has 0 aromatic heterocycles. The number of rotatable bonds is 1. The SMILES string of the molecule is CC1(C)OCC(OC(=O)C(C)(C)C)O1. The Balaban J connectivity index is 2.44. The zero-order chi connectivity index (χ0) is 11.0. The van der Waals surface area contributed by atoms with Crippen molar-refractivity contribution in [2.75, 3.05) is 6.61 Å². The van der Waals surface area contributed by atoms with Crippen LogP contribution >= 0.6 is 0 Å². The van der Waals surface area contributed by atoms with Crippen molar-refractivity contribution < 1.29 is 19.0 Å². The van der Waals surface area contributed by atoms with E-state index in [1.54, 1.807) is 34.6 Å². The molecular formula is C10H18O4. The highest BCUT2D eigenvalue weighted by atomic mass is 16.8. The first kappa shape index (κ1) is 11.5. The largest absolute Gasteiger partial charge is 0.433 e. The van der Waals surface area contributed by atoms with Crippen molar-refractivity contribution in [1.29, 1.82) is 0 Å². The second-order valence-corrected chi connectivity index (χ2v) is 4.91. The summed E-state index contributed by atoms with van der Waals surface area (Å²) in [5, 5.41) is 0. The van der Waals surface area contributed by atoms with E-state index in [1.807, 2.05) is 0 Å². The minimum Gasteiger partial charge on any atom is -0.433 e. The lowest BCUT2D eigenvalue weighted by Crippen LogP contribution is -2.30.